The highest BCUT2D eigenvalue weighted by molar-refractivity contribution is 6.20. The number of hydrogen-bond acceptors (Lipinski definition) is 1. The van der Waals surface area contributed by atoms with Crippen molar-refractivity contribution in [1.82, 2.24) is 0 Å². The lowest BCUT2D eigenvalue weighted by Gasteiger charge is -2.45. The smallest absolute Gasteiger partial charge is 0.0630 e. The molecule has 2 fully saturated rings. The molecule has 0 amide bonds. The highest BCUT2D eigenvalue weighted by Crippen LogP contribution is 2.47. The van der Waals surface area contributed by atoms with Crippen LogP contribution in [-0.4, -0.2) is 16.6 Å². The van der Waals surface area contributed by atoms with Gasteiger partial charge in [-0.25, -0.2) is 0 Å². The Morgan fingerprint density at radius 2 is 2.18 bits per heavy atom. The maximum Gasteiger partial charge on any atom is 0.0630 e. The topological polar surface area (TPSA) is 20.2 Å². The van der Waals surface area contributed by atoms with Crippen molar-refractivity contribution in [1.29, 1.82) is 0 Å². The first kappa shape index (κ1) is 13.4. The molecule has 1 N–H and O–H groups in total. The van der Waals surface area contributed by atoms with E-state index in [2.05, 4.69) is 19.1 Å². The Balaban J connectivity index is 1.75. The van der Waals surface area contributed by atoms with Gasteiger partial charge in [0.1, 0.15) is 0 Å². The number of halogens is 1. The third kappa shape index (κ3) is 3.06. The second kappa shape index (κ2) is 5.75. The third-order valence-electron chi connectivity index (χ3n) is 4.94. The molecule has 3 atom stereocenters. The summed E-state index contributed by atoms with van der Waals surface area (Å²) in [5.74, 6) is 0.656. The summed E-state index contributed by atoms with van der Waals surface area (Å²) >= 11 is 6.09. The van der Waals surface area contributed by atoms with Gasteiger partial charge >= 0.3 is 0 Å². The van der Waals surface area contributed by atoms with Crippen molar-refractivity contribution in [3.05, 3.63) is 12.2 Å². The fourth-order valence-corrected chi connectivity index (χ4v) is 3.69. The number of alkyl halides is 1. The predicted molar refractivity (Wildman–Crippen MR) is 73.3 cm³/mol. The van der Waals surface area contributed by atoms with Crippen LogP contribution in [0.4, 0.5) is 0 Å². The summed E-state index contributed by atoms with van der Waals surface area (Å²) in [5, 5.41) is 10.6. The van der Waals surface area contributed by atoms with Gasteiger partial charge in [0.25, 0.3) is 0 Å². The summed E-state index contributed by atoms with van der Waals surface area (Å²) in [6.07, 6.45) is 13.5. The quantitative estimate of drug-likeness (QED) is 0.575. The monoisotopic (exact) mass is 256 g/mol. The average molecular weight is 257 g/mol. The van der Waals surface area contributed by atoms with E-state index < -0.39 is 0 Å². The Labute approximate surface area is 110 Å². The molecule has 0 aliphatic heterocycles. The van der Waals surface area contributed by atoms with E-state index in [4.69, 9.17) is 11.6 Å². The molecule has 98 valence electrons. The summed E-state index contributed by atoms with van der Waals surface area (Å²) in [4.78, 5) is 0. The Hall–Kier alpha value is -0.0100. The molecule has 1 nitrogen and oxygen atoms in total. The van der Waals surface area contributed by atoms with E-state index in [9.17, 15) is 5.11 Å². The molecule has 0 aromatic heterocycles. The molecule has 2 rings (SSSR count). The maximum atomic E-state index is 10.3. The largest absolute Gasteiger partial charge is 0.392 e. The fraction of sp³-hybridized carbons (Fsp3) is 0.867. The fourth-order valence-electron chi connectivity index (χ4n) is 3.34. The van der Waals surface area contributed by atoms with Gasteiger partial charge < -0.3 is 5.11 Å². The van der Waals surface area contributed by atoms with Crippen molar-refractivity contribution < 1.29 is 5.11 Å². The molecule has 2 heteroatoms. The minimum absolute atomic E-state index is 0.134. The molecule has 0 aromatic carbocycles. The molecule has 0 radical (unpaired) electrons. The Morgan fingerprint density at radius 1 is 1.41 bits per heavy atom. The van der Waals surface area contributed by atoms with Gasteiger partial charge in [0.2, 0.25) is 0 Å². The average Bonchev–Trinajstić information content (AvgIpc) is 2.63. The second-order valence-electron chi connectivity index (χ2n) is 5.92. The van der Waals surface area contributed by atoms with Crippen LogP contribution in [0.1, 0.15) is 58.3 Å². The van der Waals surface area contributed by atoms with Gasteiger partial charge in [-0.3, -0.25) is 0 Å². The van der Waals surface area contributed by atoms with Crippen molar-refractivity contribution in [2.75, 3.05) is 0 Å². The summed E-state index contributed by atoms with van der Waals surface area (Å²) in [6, 6.07) is 0. The molecular weight excluding hydrogens is 232 g/mol. The number of aliphatic hydroxyl groups is 1. The van der Waals surface area contributed by atoms with Crippen LogP contribution in [0.3, 0.4) is 0 Å². The molecule has 0 aromatic rings. The van der Waals surface area contributed by atoms with E-state index in [1.165, 1.54) is 25.7 Å². The normalized spacial score (nSPS) is 33.8. The van der Waals surface area contributed by atoms with E-state index in [-0.39, 0.29) is 11.5 Å². The van der Waals surface area contributed by atoms with E-state index in [1.54, 1.807) is 0 Å². The van der Waals surface area contributed by atoms with Gasteiger partial charge in [-0.05, 0) is 56.3 Å². The molecule has 17 heavy (non-hydrogen) atoms. The van der Waals surface area contributed by atoms with E-state index in [1.807, 2.05) is 0 Å². The molecule has 0 heterocycles. The van der Waals surface area contributed by atoms with Crippen LogP contribution < -0.4 is 0 Å². The number of rotatable bonds is 5. The molecule has 0 spiro atoms. The number of aliphatic hydroxyl groups excluding tert-OH is 1. The summed E-state index contributed by atoms with van der Waals surface area (Å²) in [7, 11) is 0. The first-order valence-electron chi connectivity index (χ1n) is 7.15. The van der Waals surface area contributed by atoms with Crippen LogP contribution in [0.25, 0.3) is 0 Å². The summed E-state index contributed by atoms with van der Waals surface area (Å²) < 4.78 is 0. The van der Waals surface area contributed by atoms with Crippen LogP contribution in [-0.2, 0) is 0 Å². The Morgan fingerprint density at radius 3 is 2.65 bits per heavy atom. The van der Waals surface area contributed by atoms with Crippen LogP contribution in [0, 0.1) is 11.3 Å². The zero-order valence-corrected chi connectivity index (χ0v) is 11.6. The zero-order chi connectivity index (χ0) is 12.3. The first-order valence-corrected chi connectivity index (χ1v) is 7.59. The minimum atomic E-state index is -0.134. The lowest BCUT2D eigenvalue weighted by molar-refractivity contribution is -0.0355. The molecule has 2 aliphatic rings. The molecular formula is C15H25ClO. The summed E-state index contributed by atoms with van der Waals surface area (Å²) in [5.41, 5.74) is 0.245. The van der Waals surface area contributed by atoms with Crippen molar-refractivity contribution >= 4 is 11.6 Å². The van der Waals surface area contributed by atoms with Crippen LogP contribution >= 0.6 is 11.6 Å². The Bertz CT molecular complexity index is 265. The van der Waals surface area contributed by atoms with Crippen LogP contribution in [0.15, 0.2) is 12.2 Å². The highest BCUT2D eigenvalue weighted by Gasteiger charge is 2.40. The third-order valence-corrected chi connectivity index (χ3v) is 5.33. The molecule has 3 unspecified atom stereocenters. The lowest BCUT2D eigenvalue weighted by atomic mass is 9.63. The van der Waals surface area contributed by atoms with E-state index >= 15 is 0 Å². The number of hydrogen-bond donors (Lipinski definition) is 1. The Kier molecular flexibility index (Phi) is 4.54. The molecule has 2 aliphatic carbocycles. The van der Waals surface area contributed by atoms with Crippen molar-refractivity contribution in [2.45, 2.75) is 69.8 Å². The minimum Gasteiger partial charge on any atom is -0.392 e. The lowest BCUT2D eigenvalue weighted by Crippen LogP contribution is -2.40. The van der Waals surface area contributed by atoms with E-state index in [0.29, 0.717) is 11.3 Å². The first-order chi connectivity index (χ1) is 8.16. The predicted octanol–water partition coefficient (Wildman–Crippen LogP) is 4.28. The van der Waals surface area contributed by atoms with Crippen molar-refractivity contribution in [2.24, 2.45) is 11.3 Å². The maximum absolute atomic E-state index is 10.3. The van der Waals surface area contributed by atoms with Crippen LogP contribution in [0.2, 0.25) is 0 Å². The SMILES string of the molecule is CCC1(C(O)C/C=C/C2CCC(Cl)C2)CCC1. The molecule has 2 saturated carbocycles. The zero-order valence-electron chi connectivity index (χ0n) is 10.9. The van der Waals surface area contributed by atoms with Gasteiger partial charge in [0, 0.05) is 5.38 Å². The van der Waals surface area contributed by atoms with Crippen LogP contribution in [0.5, 0.6) is 0 Å². The second-order valence-corrected chi connectivity index (χ2v) is 6.54. The van der Waals surface area contributed by atoms with Gasteiger partial charge in [-0.15, -0.1) is 11.6 Å². The van der Waals surface area contributed by atoms with Gasteiger partial charge in [-0.2, -0.15) is 0 Å². The molecule has 0 bridgehead atoms. The molecule has 0 saturated heterocycles. The van der Waals surface area contributed by atoms with Gasteiger partial charge in [0.05, 0.1) is 6.10 Å². The van der Waals surface area contributed by atoms with Crippen molar-refractivity contribution in [3.8, 4) is 0 Å². The highest BCUT2D eigenvalue weighted by atomic mass is 35.5. The summed E-state index contributed by atoms with van der Waals surface area (Å²) in [6.45, 7) is 2.21. The van der Waals surface area contributed by atoms with Gasteiger partial charge in [0.15, 0.2) is 0 Å². The van der Waals surface area contributed by atoms with E-state index in [0.717, 1.165) is 25.7 Å². The number of allylic oxidation sites excluding steroid dienone is 1. The van der Waals surface area contributed by atoms with Crippen molar-refractivity contribution in [3.63, 3.8) is 0 Å². The van der Waals surface area contributed by atoms with Gasteiger partial charge in [-0.1, -0.05) is 25.5 Å². The standard InChI is InChI=1S/C15H25ClO/c1-2-15(9-4-10-15)14(17)6-3-5-12-7-8-13(16)11-12/h3,5,12-14,17H,2,4,6-11H2,1H3/b5-3+.